The van der Waals surface area contributed by atoms with E-state index >= 15 is 0 Å². The van der Waals surface area contributed by atoms with E-state index < -0.39 is 10.0 Å². The van der Waals surface area contributed by atoms with E-state index in [-0.39, 0.29) is 16.0 Å². The Balaban J connectivity index is 1.58. The van der Waals surface area contributed by atoms with Crippen LogP contribution in [0.15, 0.2) is 52.2 Å². The van der Waals surface area contributed by atoms with Gasteiger partial charge >= 0.3 is 5.69 Å². The lowest BCUT2D eigenvalue weighted by molar-refractivity contribution is 0.578. The standard InChI is InChI=1S/C20H25N3O3S/c1-20(2,3)15-8-6-14(7-9-15)5-4-12-21-27(25,26)16-10-11-17-18(13-16)23-19(24)22-17/h6-11,13,21H,4-5,12H2,1-3H3,(H2,22,23,24). The van der Waals surface area contributed by atoms with Gasteiger partial charge in [-0.3, -0.25) is 0 Å². The lowest BCUT2D eigenvalue weighted by atomic mass is 9.86. The van der Waals surface area contributed by atoms with Gasteiger partial charge in [-0.05, 0) is 47.6 Å². The van der Waals surface area contributed by atoms with Crippen LogP contribution in [0, 0.1) is 0 Å². The Morgan fingerprint density at radius 3 is 2.30 bits per heavy atom. The first-order valence-electron chi connectivity index (χ1n) is 8.96. The predicted molar refractivity (Wildman–Crippen MR) is 108 cm³/mol. The number of H-pyrrole nitrogens is 2. The second kappa shape index (κ2) is 7.32. The number of imidazole rings is 1. The molecule has 2 aromatic carbocycles. The number of aromatic nitrogens is 2. The summed E-state index contributed by atoms with van der Waals surface area (Å²) in [5, 5.41) is 0. The van der Waals surface area contributed by atoms with Crippen molar-refractivity contribution in [2.75, 3.05) is 6.54 Å². The van der Waals surface area contributed by atoms with Crippen LogP contribution in [0.3, 0.4) is 0 Å². The van der Waals surface area contributed by atoms with Gasteiger partial charge in [-0.1, -0.05) is 45.0 Å². The minimum Gasteiger partial charge on any atom is -0.306 e. The van der Waals surface area contributed by atoms with Crippen LogP contribution in [-0.2, 0) is 21.9 Å². The molecule has 0 saturated heterocycles. The van der Waals surface area contributed by atoms with Gasteiger partial charge < -0.3 is 9.97 Å². The van der Waals surface area contributed by atoms with Crippen LogP contribution in [0.2, 0.25) is 0 Å². The number of hydrogen-bond donors (Lipinski definition) is 3. The van der Waals surface area contributed by atoms with Gasteiger partial charge in [0.2, 0.25) is 10.0 Å². The van der Waals surface area contributed by atoms with E-state index in [4.69, 9.17) is 0 Å². The van der Waals surface area contributed by atoms with Crippen molar-refractivity contribution in [2.45, 2.75) is 43.9 Å². The van der Waals surface area contributed by atoms with Crippen molar-refractivity contribution in [3.05, 3.63) is 64.1 Å². The van der Waals surface area contributed by atoms with Crippen LogP contribution in [0.25, 0.3) is 11.0 Å². The van der Waals surface area contributed by atoms with E-state index in [1.807, 2.05) is 0 Å². The molecule has 0 saturated carbocycles. The van der Waals surface area contributed by atoms with Crippen molar-refractivity contribution < 1.29 is 8.42 Å². The fourth-order valence-electron chi connectivity index (χ4n) is 2.93. The Bertz CT molecular complexity index is 1090. The average Bonchev–Trinajstić information content (AvgIpc) is 2.97. The molecule has 0 aliphatic carbocycles. The summed E-state index contributed by atoms with van der Waals surface area (Å²) in [7, 11) is -3.61. The number of fused-ring (bicyclic) bond motifs is 1. The minimum absolute atomic E-state index is 0.124. The molecule has 0 atom stereocenters. The van der Waals surface area contributed by atoms with E-state index in [0.29, 0.717) is 24.0 Å². The molecule has 0 bridgehead atoms. The Kier molecular flexibility index (Phi) is 5.26. The highest BCUT2D eigenvalue weighted by Crippen LogP contribution is 2.22. The fraction of sp³-hybridized carbons (Fsp3) is 0.350. The van der Waals surface area contributed by atoms with Gasteiger partial charge in [0.25, 0.3) is 0 Å². The number of benzene rings is 2. The highest BCUT2D eigenvalue weighted by molar-refractivity contribution is 7.89. The SMILES string of the molecule is CC(C)(C)c1ccc(CCCNS(=O)(=O)c2ccc3[nH]c(=O)[nH]c3c2)cc1. The van der Waals surface area contributed by atoms with Crippen LogP contribution in [0.4, 0.5) is 0 Å². The number of rotatable bonds is 6. The summed E-state index contributed by atoms with van der Waals surface area (Å²) in [6, 6.07) is 13.0. The third-order valence-corrected chi connectivity index (χ3v) is 6.01. The number of aromatic amines is 2. The molecule has 0 fully saturated rings. The first kappa shape index (κ1) is 19.4. The normalized spacial score (nSPS) is 12.6. The van der Waals surface area contributed by atoms with Gasteiger partial charge in [0, 0.05) is 6.54 Å². The van der Waals surface area contributed by atoms with Crippen molar-refractivity contribution in [2.24, 2.45) is 0 Å². The van der Waals surface area contributed by atoms with E-state index in [1.165, 1.54) is 23.3 Å². The zero-order valence-corrected chi connectivity index (χ0v) is 16.6. The third-order valence-electron chi connectivity index (χ3n) is 4.55. The van der Waals surface area contributed by atoms with Crippen molar-refractivity contribution in [3.8, 4) is 0 Å². The zero-order valence-electron chi connectivity index (χ0n) is 15.8. The van der Waals surface area contributed by atoms with Crippen molar-refractivity contribution in [3.63, 3.8) is 0 Å². The molecule has 6 nitrogen and oxygen atoms in total. The molecule has 0 unspecified atom stereocenters. The van der Waals surface area contributed by atoms with Crippen LogP contribution in [-0.4, -0.2) is 24.9 Å². The highest BCUT2D eigenvalue weighted by Gasteiger charge is 2.15. The fourth-order valence-corrected chi connectivity index (χ4v) is 4.03. The molecule has 0 radical (unpaired) electrons. The molecule has 7 heteroatoms. The Morgan fingerprint density at radius 1 is 0.963 bits per heavy atom. The van der Waals surface area contributed by atoms with Crippen LogP contribution >= 0.6 is 0 Å². The molecular formula is C20H25N3O3S. The maximum Gasteiger partial charge on any atom is 0.323 e. The lowest BCUT2D eigenvalue weighted by Crippen LogP contribution is -2.25. The first-order valence-corrected chi connectivity index (χ1v) is 10.4. The average molecular weight is 388 g/mol. The summed E-state index contributed by atoms with van der Waals surface area (Å²) >= 11 is 0. The second-order valence-corrected chi connectivity index (χ2v) is 9.50. The molecule has 27 heavy (non-hydrogen) atoms. The maximum absolute atomic E-state index is 12.4. The summed E-state index contributed by atoms with van der Waals surface area (Å²) in [5.41, 5.74) is 3.29. The van der Waals surface area contributed by atoms with Gasteiger partial charge in [0.1, 0.15) is 0 Å². The molecule has 0 spiro atoms. The maximum atomic E-state index is 12.4. The van der Waals surface area contributed by atoms with Gasteiger partial charge in [-0.2, -0.15) is 0 Å². The molecule has 1 aromatic heterocycles. The van der Waals surface area contributed by atoms with E-state index in [2.05, 4.69) is 59.7 Å². The molecule has 3 aromatic rings. The van der Waals surface area contributed by atoms with Gasteiger partial charge in [-0.25, -0.2) is 17.9 Å². The number of sulfonamides is 1. The Morgan fingerprint density at radius 2 is 1.63 bits per heavy atom. The third kappa shape index (κ3) is 4.67. The van der Waals surface area contributed by atoms with E-state index in [0.717, 1.165) is 6.42 Å². The Labute approximate surface area is 159 Å². The van der Waals surface area contributed by atoms with Crippen molar-refractivity contribution >= 4 is 21.1 Å². The van der Waals surface area contributed by atoms with E-state index in [9.17, 15) is 13.2 Å². The zero-order chi connectivity index (χ0) is 19.7. The topological polar surface area (TPSA) is 94.8 Å². The van der Waals surface area contributed by atoms with Crippen LogP contribution in [0.1, 0.15) is 38.3 Å². The summed E-state index contributed by atoms with van der Waals surface area (Å²) in [4.78, 5) is 16.6. The largest absolute Gasteiger partial charge is 0.323 e. The van der Waals surface area contributed by atoms with Crippen molar-refractivity contribution in [1.29, 1.82) is 0 Å². The van der Waals surface area contributed by atoms with Gasteiger partial charge in [0.15, 0.2) is 0 Å². The highest BCUT2D eigenvalue weighted by atomic mass is 32.2. The molecule has 0 amide bonds. The Hall–Kier alpha value is -2.38. The lowest BCUT2D eigenvalue weighted by Gasteiger charge is -2.19. The molecule has 3 rings (SSSR count). The number of hydrogen-bond acceptors (Lipinski definition) is 3. The molecule has 144 valence electrons. The molecule has 0 aliphatic heterocycles. The number of nitrogens with one attached hydrogen (secondary N) is 3. The van der Waals surface area contributed by atoms with Gasteiger partial charge in [0.05, 0.1) is 15.9 Å². The second-order valence-electron chi connectivity index (χ2n) is 7.73. The monoisotopic (exact) mass is 387 g/mol. The summed E-state index contributed by atoms with van der Waals surface area (Å²) in [6.45, 7) is 6.89. The smallest absolute Gasteiger partial charge is 0.306 e. The molecule has 3 N–H and O–H groups in total. The van der Waals surface area contributed by atoms with Gasteiger partial charge in [-0.15, -0.1) is 0 Å². The minimum atomic E-state index is -3.61. The molecule has 1 heterocycles. The van der Waals surface area contributed by atoms with Crippen LogP contribution in [0.5, 0.6) is 0 Å². The van der Waals surface area contributed by atoms with E-state index in [1.54, 1.807) is 6.07 Å². The predicted octanol–water partition coefficient (Wildman–Crippen LogP) is 3.06. The summed E-state index contributed by atoms with van der Waals surface area (Å²) in [6.07, 6.45) is 1.51. The first-order chi connectivity index (χ1) is 12.6. The molecular weight excluding hydrogens is 362 g/mol. The van der Waals surface area contributed by atoms with Crippen molar-refractivity contribution in [1.82, 2.24) is 14.7 Å². The summed E-state index contributed by atoms with van der Waals surface area (Å²) in [5.74, 6) is 0. The molecule has 0 aliphatic rings. The number of aryl methyl sites for hydroxylation is 1. The quantitative estimate of drug-likeness (QED) is 0.567. The summed E-state index contributed by atoms with van der Waals surface area (Å²) < 4.78 is 27.5. The van der Waals surface area contributed by atoms with Crippen LogP contribution < -0.4 is 10.4 Å².